The smallest absolute Gasteiger partial charge is 0.247 e. The number of nitrogens with one attached hydrogen (secondary N) is 1. The lowest BCUT2D eigenvalue weighted by atomic mass is 9.97. The summed E-state index contributed by atoms with van der Waals surface area (Å²) in [6.45, 7) is 4.01. The predicted molar refractivity (Wildman–Crippen MR) is 113 cm³/mol. The number of aromatic nitrogens is 3. The molecule has 3 aromatic rings. The van der Waals surface area contributed by atoms with Crippen molar-refractivity contribution in [2.45, 2.75) is 26.3 Å². The zero-order chi connectivity index (χ0) is 20.2. The molecule has 7 nitrogen and oxygen atoms in total. The quantitative estimate of drug-likeness (QED) is 0.624. The summed E-state index contributed by atoms with van der Waals surface area (Å²) in [4.78, 5) is 19.2. The van der Waals surface area contributed by atoms with Crippen LogP contribution in [0.1, 0.15) is 24.4 Å². The van der Waals surface area contributed by atoms with E-state index in [1.165, 1.54) is 0 Å². The Balaban J connectivity index is 1.37. The molecule has 0 bridgehead atoms. The molecule has 2 aromatic heterocycles. The molecular formula is C21H22BrN5O2. The molecule has 0 spiro atoms. The summed E-state index contributed by atoms with van der Waals surface area (Å²) in [6.07, 6.45) is 1.81. The number of hydrogen-bond acceptors (Lipinski definition) is 6. The Morgan fingerprint density at radius 3 is 2.97 bits per heavy atom. The predicted octanol–water partition coefficient (Wildman–Crippen LogP) is 4.05. The highest BCUT2D eigenvalue weighted by Crippen LogP contribution is 2.24. The fourth-order valence-corrected chi connectivity index (χ4v) is 3.90. The highest BCUT2D eigenvalue weighted by atomic mass is 79.9. The first kappa shape index (κ1) is 19.7. The molecule has 1 saturated heterocycles. The summed E-state index contributed by atoms with van der Waals surface area (Å²) < 4.78 is 6.80. The van der Waals surface area contributed by atoms with Gasteiger partial charge in [-0.1, -0.05) is 28.1 Å². The minimum Gasteiger partial charge on any atom is -0.419 e. The molecule has 1 atom stereocenters. The summed E-state index contributed by atoms with van der Waals surface area (Å²) in [6, 6.07) is 13.4. The van der Waals surface area contributed by atoms with Gasteiger partial charge in [-0.05, 0) is 56.6 Å². The summed E-state index contributed by atoms with van der Waals surface area (Å²) in [5.41, 5.74) is 1.75. The highest BCUT2D eigenvalue weighted by molar-refractivity contribution is 9.10. The zero-order valence-corrected chi connectivity index (χ0v) is 17.7. The molecule has 1 N–H and O–H groups in total. The Hall–Kier alpha value is -2.58. The van der Waals surface area contributed by atoms with Crippen LogP contribution >= 0.6 is 15.9 Å². The third-order valence-corrected chi connectivity index (χ3v) is 5.41. The van der Waals surface area contributed by atoms with Gasteiger partial charge >= 0.3 is 0 Å². The summed E-state index contributed by atoms with van der Waals surface area (Å²) in [5, 5.41) is 11.3. The molecule has 1 aliphatic heterocycles. The average Bonchev–Trinajstić information content (AvgIpc) is 3.17. The molecule has 4 rings (SSSR count). The lowest BCUT2D eigenvalue weighted by Crippen LogP contribution is -2.40. The van der Waals surface area contributed by atoms with Gasteiger partial charge in [-0.3, -0.25) is 9.69 Å². The van der Waals surface area contributed by atoms with E-state index in [2.05, 4.69) is 41.3 Å². The van der Waals surface area contributed by atoms with E-state index < -0.39 is 0 Å². The van der Waals surface area contributed by atoms with Gasteiger partial charge in [0.2, 0.25) is 17.7 Å². The number of likely N-dealkylation sites (tertiary alicyclic amines) is 1. The Morgan fingerprint density at radius 2 is 2.14 bits per heavy atom. The maximum atomic E-state index is 12.7. The van der Waals surface area contributed by atoms with Crippen molar-refractivity contribution < 1.29 is 9.21 Å². The lowest BCUT2D eigenvalue weighted by molar-refractivity contribution is -0.121. The van der Waals surface area contributed by atoms with Gasteiger partial charge in [0.05, 0.1) is 12.5 Å². The van der Waals surface area contributed by atoms with Crippen molar-refractivity contribution in [3.05, 3.63) is 58.5 Å². The number of piperidine rings is 1. The average molecular weight is 456 g/mol. The van der Waals surface area contributed by atoms with Gasteiger partial charge in [0.15, 0.2) is 0 Å². The van der Waals surface area contributed by atoms with E-state index in [4.69, 9.17) is 4.42 Å². The van der Waals surface area contributed by atoms with Gasteiger partial charge in [-0.25, -0.2) is 4.98 Å². The maximum Gasteiger partial charge on any atom is 0.247 e. The fourth-order valence-electron chi connectivity index (χ4n) is 3.50. The Bertz CT molecular complexity index is 1010. The number of pyridine rings is 1. The van der Waals surface area contributed by atoms with Crippen LogP contribution < -0.4 is 5.32 Å². The molecule has 29 heavy (non-hydrogen) atoms. The van der Waals surface area contributed by atoms with Crippen LogP contribution in [0, 0.1) is 12.8 Å². The molecule has 1 aromatic carbocycles. The Kier molecular flexibility index (Phi) is 6.01. The first-order valence-corrected chi connectivity index (χ1v) is 10.4. The van der Waals surface area contributed by atoms with Crippen LogP contribution in [-0.4, -0.2) is 39.1 Å². The first-order valence-electron chi connectivity index (χ1n) is 9.62. The lowest BCUT2D eigenvalue weighted by Gasteiger charge is -2.30. The van der Waals surface area contributed by atoms with Gasteiger partial charge in [0.25, 0.3) is 0 Å². The van der Waals surface area contributed by atoms with E-state index in [0.717, 1.165) is 35.1 Å². The summed E-state index contributed by atoms with van der Waals surface area (Å²) in [7, 11) is 0. The highest BCUT2D eigenvalue weighted by Gasteiger charge is 2.27. The number of aryl methyl sites for hydroxylation is 1. The number of rotatable bonds is 5. The molecule has 3 heterocycles. The molecule has 1 aliphatic rings. The van der Waals surface area contributed by atoms with E-state index in [9.17, 15) is 4.79 Å². The van der Waals surface area contributed by atoms with E-state index in [0.29, 0.717) is 30.7 Å². The van der Waals surface area contributed by atoms with Gasteiger partial charge in [-0.15, -0.1) is 10.2 Å². The van der Waals surface area contributed by atoms with Crippen LogP contribution in [0.2, 0.25) is 0 Å². The van der Waals surface area contributed by atoms with Gasteiger partial charge in [-0.2, -0.15) is 0 Å². The van der Waals surface area contributed by atoms with E-state index in [-0.39, 0.29) is 11.8 Å². The van der Waals surface area contributed by atoms with E-state index in [1.807, 2.05) is 49.4 Å². The summed E-state index contributed by atoms with van der Waals surface area (Å²) >= 11 is 3.45. The molecule has 0 aliphatic carbocycles. The zero-order valence-electron chi connectivity index (χ0n) is 16.1. The number of halogens is 1. The summed E-state index contributed by atoms with van der Waals surface area (Å²) in [5.74, 6) is 1.58. The topological polar surface area (TPSA) is 84.2 Å². The van der Waals surface area contributed by atoms with Crippen LogP contribution in [0.3, 0.4) is 0 Å². The van der Waals surface area contributed by atoms with Crippen LogP contribution in [0.5, 0.6) is 0 Å². The number of hydrogen-bond donors (Lipinski definition) is 1. The monoisotopic (exact) mass is 455 g/mol. The third kappa shape index (κ3) is 5.07. The SMILES string of the molecule is Cc1cccc(NC(=O)C2CCCN(Cc3nnc(-c4cccc(Br)c4)o3)C2)n1. The number of carbonyl (C=O) groups excluding carboxylic acids is 1. The molecule has 8 heteroatoms. The van der Waals surface area contributed by atoms with Crippen molar-refractivity contribution in [3.8, 4) is 11.5 Å². The second kappa shape index (κ2) is 8.84. The number of amides is 1. The Morgan fingerprint density at radius 1 is 1.28 bits per heavy atom. The standard InChI is InChI=1S/C21H22BrN5O2/c1-14-5-2-9-18(23-14)24-20(28)16-7-4-10-27(12-16)13-19-25-26-21(29-19)15-6-3-8-17(22)11-15/h2-3,5-6,8-9,11,16H,4,7,10,12-13H2,1H3,(H,23,24,28). The number of benzene rings is 1. The number of carbonyl (C=O) groups is 1. The number of anilines is 1. The minimum absolute atomic E-state index is 0.00755. The number of nitrogens with zero attached hydrogens (tertiary/aromatic N) is 4. The Labute approximate surface area is 177 Å². The van der Waals surface area contributed by atoms with Crippen molar-refractivity contribution >= 4 is 27.7 Å². The molecule has 150 valence electrons. The first-order chi connectivity index (χ1) is 14.1. The van der Waals surface area contributed by atoms with Crippen molar-refractivity contribution in [2.24, 2.45) is 5.92 Å². The third-order valence-electron chi connectivity index (χ3n) is 4.91. The van der Waals surface area contributed by atoms with E-state index >= 15 is 0 Å². The fraction of sp³-hybridized carbons (Fsp3) is 0.333. The second-order valence-corrected chi connectivity index (χ2v) is 8.15. The second-order valence-electron chi connectivity index (χ2n) is 7.24. The maximum absolute atomic E-state index is 12.7. The van der Waals surface area contributed by atoms with Gasteiger partial charge in [0.1, 0.15) is 5.82 Å². The molecule has 1 amide bonds. The van der Waals surface area contributed by atoms with Gasteiger partial charge in [0, 0.05) is 22.3 Å². The minimum atomic E-state index is -0.0847. The molecule has 0 saturated carbocycles. The van der Waals surface area contributed by atoms with Crippen LogP contribution in [0.15, 0.2) is 51.4 Å². The van der Waals surface area contributed by atoms with Crippen LogP contribution in [0.4, 0.5) is 5.82 Å². The molecule has 1 fully saturated rings. The molecule has 1 unspecified atom stereocenters. The van der Waals surface area contributed by atoms with Crippen LogP contribution in [0.25, 0.3) is 11.5 Å². The van der Waals surface area contributed by atoms with Crippen LogP contribution in [-0.2, 0) is 11.3 Å². The van der Waals surface area contributed by atoms with Crippen molar-refractivity contribution in [1.29, 1.82) is 0 Å². The van der Waals surface area contributed by atoms with Crippen molar-refractivity contribution in [3.63, 3.8) is 0 Å². The van der Waals surface area contributed by atoms with Gasteiger partial charge < -0.3 is 9.73 Å². The van der Waals surface area contributed by atoms with E-state index in [1.54, 1.807) is 0 Å². The van der Waals surface area contributed by atoms with Crippen molar-refractivity contribution in [1.82, 2.24) is 20.1 Å². The molecule has 0 radical (unpaired) electrons. The van der Waals surface area contributed by atoms with Crippen molar-refractivity contribution in [2.75, 3.05) is 18.4 Å². The normalized spacial score (nSPS) is 17.2. The molecular weight excluding hydrogens is 434 g/mol. The largest absolute Gasteiger partial charge is 0.419 e.